The van der Waals surface area contributed by atoms with Crippen LogP contribution in [0.4, 0.5) is 5.69 Å². The zero-order valence-electron chi connectivity index (χ0n) is 11.1. The van der Waals surface area contributed by atoms with Gasteiger partial charge in [-0.2, -0.15) is 0 Å². The van der Waals surface area contributed by atoms with Gasteiger partial charge in [0, 0.05) is 5.56 Å². The molecule has 2 aromatic carbocycles. The van der Waals surface area contributed by atoms with E-state index in [0.29, 0.717) is 18.8 Å². The quantitative estimate of drug-likeness (QED) is 0.908. The molecule has 3 rings (SSSR count). The van der Waals surface area contributed by atoms with E-state index < -0.39 is 5.97 Å². The van der Waals surface area contributed by atoms with E-state index in [2.05, 4.69) is 5.32 Å². The van der Waals surface area contributed by atoms with Crippen molar-refractivity contribution in [3.8, 4) is 0 Å². The van der Waals surface area contributed by atoms with Crippen LogP contribution in [0.1, 0.15) is 31.8 Å². The first-order valence-corrected chi connectivity index (χ1v) is 6.48. The van der Waals surface area contributed by atoms with E-state index in [0.717, 1.165) is 11.1 Å². The highest BCUT2D eigenvalue weighted by atomic mass is 16.5. The standard InChI is InChI=1S/C16H13NO4/c18-15(10-5-6-11-8-21-9-12(11)7-10)17-14-4-2-1-3-13(14)16(19)20/h1-7H,8-9H2,(H,17,18)(H,19,20). The van der Waals surface area contributed by atoms with Crippen molar-refractivity contribution in [2.45, 2.75) is 13.2 Å². The lowest BCUT2D eigenvalue weighted by Crippen LogP contribution is -2.15. The largest absolute Gasteiger partial charge is 0.478 e. The first kappa shape index (κ1) is 13.3. The molecular formula is C16H13NO4. The summed E-state index contributed by atoms with van der Waals surface area (Å²) in [5.41, 5.74) is 2.91. The van der Waals surface area contributed by atoms with Gasteiger partial charge in [-0.05, 0) is 35.4 Å². The summed E-state index contributed by atoms with van der Waals surface area (Å²) in [4.78, 5) is 23.4. The number of nitrogens with one attached hydrogen (secondary N) is 1. The predicted octanol–water partition coefficient (Wildman–Crippen LogP) is 2.67. The average molecular weight is 283 g/mol. The van der Waals surface area contributed by atoms with Crippen molar-refractivity contribution in [1.29, 1.82) is 0 Å². The molecule has 0 saturated heterocycles. The number of ether oxygens (including phenoxy) is 1. The van der Waals surface area contributed by atoms with E-state index in [9.17, 15) is 9.59 Å². The molecule has 106 valence electrons. The fraction of sp³-hybridized carbons (Fsp3) is 0.125. The maximum atomic E-state index is 12.2. The van der Waals surface area contributed by atoms with Crippen molar-refractivity contribution in [2.75, 3.05) is 5.32 Å². The number of aromatic carboxylic acids is 1. The smallest absolute Gasteiger partial charge is 0.337 e. The monoisotopic (exact) mass is 283 g/mol. The van der Waals surface area contributed by atoms with Gasteiger partial charge in [-0.3, -0.25) is 4.79 Å². The lowest BCUT2D eigenvalue weighted by Gasteiger charge is -2.09. The van der Waals surface area contributed by atoms with Crippen molar-refractivity contribution < 1.29 is 19.4 Å². The van der Waals surface area contributed by atoms with Crippen LogP contribution in [0.3, 0.4) is 0 Å². The fourth-order valence-corrected chi connectivity index (χ4v) is 2.29. The molecule has 0 bridgehead atoms. The first-order chi connectivity index (χ1) is 10.1. The summed E-state index contributed by atoms with van der Waals surface area (Å²) in [5.74, 6) is -1.41. The Morgan fingerprint density at radius 2 is 1.81 bits per heavy atom. The lowest BCUT2D eigenvalue weighted by atomic mass is 10.1. The summed E-state index contributed by atoms with van der Waals surface area (Å²) in [5, 5.41) is 11.7. The molecule has 21 heavy (non-hydrogen) atoms. The van der Waals surface area contributed by atoms with Gasteiger partial charge in [0.2, 0.25) is 0 Å². The van der Waals surface area contributed by atoms with Gasteiger partial charge in [-0.25, -0.2) is 4.79 Å². The van der Waals surface area contributed by atoms with Crippen LogP contribution < -0.4 is 5.32 Å². The third kappa shape index (κ3) is 2.64. The summed E-state index contributed by atoms with van der Waals surface area (Å²) in [7, 11) is 0. The molecular weight excluding hydrogens is 270 g/mol. The predicted molar refractivity (Wildman–Crippen MR) is 76.3 cm³/mol. The van der Waals surface area contributed by atoms with Crippen LogP contribution >= 0.6 is 0 Å². The molecule has 1 amide bonds. The summed E-state index contributed by atoms with van der Waals surface area (Å²) < 4.78 is 5.31. The molecule has 0 atom stereocenters. The Morgan fingerprint density at radius 3 is 2.62 bits per heavy atom. The number of carbonyl (C=O) groups is 2. The number of benzene rings is 2. The molecule has 5 heteroatoms. The number of para-hydroxylation sites is 1. The Labute approximate surface area is 121 Å². The number of amides is 1. The van der Waals surface area contributed by atoms with E-state index in [1.54, 1.807) is 30.3 Å². The van der Waals surface area contributed by atoms with Crippen LogP contribution in [0.25, 0.3) is 0 Å². The molecule has 0 fully saturated rings. The molecule has 5 nitrogen and oxygen atoms in total. The number of hydrogen-bond acceptors (Lipinski definition) is 3. The maximum Gasteiger partial charge on any atom is 0.337 e. The minimum atomic E-state index is -1.08. The number of anilines is 1. The molecule has 0 saturated carbocycles. The van der Waals surface area contributed by atoms with Gasteiger partial charge in [-0.1, -0.05) is 18.2 Å². The Bertz CT molecular complexity index is 724. The molecule has 0 unspecified atom stereocenters. The molecule has 0 aromatic heterocycles. The second kappa shape index (κ2) is 5.38. The Morgan fingerprint density at radius 1 is 1.05 bits per heavy atom. The van der Waals surface area contributed by atoms with Gasteiger partial charge in [0.25, 0.3) is 5.91 Å². The molecule has 0 radical (unpaired) electrons. The van der Waals surface area contributed by atoms with Gasteiger partial charge in [0.1, 0.15) is 0 Å². The second-order valence-corrected chi connectivity index (χ2v) is 4.78. The summed E-state index contributed by atoms with van der Waals surface area (Å²) in [6.07, 6.45) is 0. The minimum Gasteiger partial charge on any atom is -0.478 e. The number of carboxylic acids is 1. The highest BCUT2D eigenvalue weighted by Gasteiger charge is 2.16. The van der Waals surface area contributed by atoms with Crippen molar-refractivity contribution >= 4 is 17.6 Å². The number of carboxylic acid groups (broad SMARTS) is 1. The topological polar surface area (TPSA) is 75.6 Å². The highest BCUT2D eigenvalue weighted by Crippen LogP contribution is 2.22. The third-order valence-electron chi connectivity index (χ3n) is 3.39. The van der Waals surface area contributed by atoms with Crippen LogP contribution in [0.2, 0.25) is 0 Å². The van der Waals surface area contributed by atoms with E-state index in [4.69, 9.17) is 9.84 Å². The molecule has 1 aliphatic rings. The third-order valence-corrected chi connectivity index (χ3v) is 3.39. The number of hydrogen-bond donors (Lipinski definition) is 2. The molecule has 2 N–H and O–H groups in total. The van der Waals surface area contributed by atoms with Crippen molar-refractivity contribution in [3.05, 3.63) is 64.7 Å². The van der Waals surface area contributed by atoms with Crippen LogP contribution in [0.5, 0.6) is 0 Å². The lowest BCUT2D eigenvalue weighted by molar-refractivity contribution is 0.0698. The van der Waals surface area contributed by atoms with E-state index in [-0.39, 0.29) is 17.2 Å². The van der Waals surface area contributed by atoms with Crippen LogP contribution in [-0.2, 0) is 18.0 Å². The van der Waals surface area contributed by atoms with Gasteiger partial charge < -0.3 is 15.2 Å². The summed E-state index contributed by atoms with van der Waals surface area (Å²) >= 11 is 0. The van der Waals surface area contributed by atoms with Gasteiger partial charge in [0.15, 0.2) is 0 Å². The highest BCUT2D eigenvalue weighted by molar-refractivity contribution is 6.07. The second-order valence-electron chi connectivity index (χ2n) is 4.78. The number of carbonyl (C=O) groups excluding carboxylic acids is 1. The molecule has 0 aliphatic carbocycles. The molecule has 1 aliphatic heterocycles. The Balaban J connectivity index is 1.85. The summed E-state index contributed by atoms with van der Waals surface area (Å²) in [6.45, 7) is 1.07. The van der Waals surface area contributed by atoms with Crippen molar-refractivity contribution in [2.24, 2.45) is 0 Å². The SMILES string of the molecule is O=C(Nc1ccccc1C(=O)O)c1ccc2c(c1)COC2. The average Bonchev–Trinajstić information content (AvgIpc) is 2.94. The summed E-state index contributed by atoms with van der Waals surface area (Å²) in [6, 6.07) is 11.7. The zero-order chi connectivity index (χ0) is 14.8. The van der Waals surface area contributed by atoms with E-state index in [1.165, 1.54) is 6.07 Å². The van der Waals surface area contributed by atoms with Gasteiger partial charge in [0.05, 0.1) is 24.5 Å². The molecule has 2 aromatic rings. The Kier molecular flexibility index (Phi) is 3.41. The normalized spacial score (nSPS) is 12.8. The first-order valence-electron chi connectivity index (χ1n) is 6.48. The number of rotatable bonds is 3. The van der Waals surface area contributed by atoms with Crippen molar-refractivity contribution in [3.63, 3.8) is 0 Å². The van der Waals surface area contributed by atoms with Gasteiger partial charge in [-0.15, -0.1) is 0 Å². The Hall–Kier alpha value is -2.66. The zero-order valence-corrected chi connectivity index (χ0v) is 11.1. The van der Waals surface area contributed by atoms with Crippen molar-refractivity contribution in [1.82, 2.24) is 0 Å². The van der Waals surface area contributed by atoms with Crippen LogP contribution in [-0.4, -0.2) is 17.0 Å². The minimum absolute atomic E-state index is 0.0651. The van der Waals surface area contributed by atoms with E-state index in [1.807, 2.05) is 6.07 Å². The maximum absolute atomic E-state index is 12.2. The number of fused-ring (bicyclic) bond motifs is 1. The van der Waals surface area contributed by atoms with Crippen LogP contribution in [0.15, 0.2) is 42.5 Å². The van der Waals surface area contributed by atoms with Gasteiger partial charge >= 0.3 is 5.97 Å². The van der Waals surface area contributed by atoms with E-state index >= 15 is 0 Å². The molecule has 1 heterocycles. The van der Waals surface area contributed by atoms with Crippen LogP contribution in [0, 0.1) is 0 Å². The molecule has 0 spiro atoms. The fourth-order valence-electron chi connectivity index (χ4n) is 2.29.